The minimum atomic E-state index is 0. The first-order chi connectivity index (χ1) is 9.83. The third-order valence-electron chi connectivity index (χ3n) is 2.01. The van der Waals surface area contributed by atoms with E-state index in [9.17, 15) is 0 Å². The minimum Gasteiger partial charge on any atom is -0.663 e. The molecule has 0 aromatic heterocycles. The maximum Gasteiger partial charge on any atom is 4.00 e. The second-order valence-corrected chi connectivity index (χ2v) is 3.64. The van der Waals surface area contributed by atoms with Gasteiger partial charge >= 0.3 is 31.1 Å². The van der Waals surface area contributed by atoms with Crippen LogP contribution in [-0.2, 0) is 0 Å². The zero-order valence-corrected chi connectivity index (χ0v) is 18.2. The molecule has 0 heterocycles. The van der Waals surface area contributed by atoms with Crippen molar-refractivity contribution in [1.82, 2.24) is 0 Å². The van der Waals surface area contributed by atoms with Crippen molar-refractivity contribution in [3.05, 3.63) is 71.3 Å². The Balaban J connectivity index is -0.000000202. The number of nitrogens with zero attached hydrogens (tertiary/aromatic N) is 2. The van der Waals surface area contributed by atoms with E-state index in [-0.39, 0.29) is 31.1 Å². The van der Waals surface area contributed by atoms with Crippen LogP contribution in [-0.4, -0.2) is 26.2 Å². The van der Waals surface area contributed by atoms with Gasteiger partial charge in [-0.2, -0.15) is 62.6 Å². The predicted molar refractivity (Wildman–Crippen MR) is 93.0 cm³/mol. The van der Waals surface area contributed by atoms with Crippen LogP contribution in [0, 0.1) is 31.1 Å². The van der Waals surface area contributed by atoms with Crippen LogP contribution in [0.1, 0.15) is 27.7 Å². The van der Waals surface area contributed by atoms with E-state index in [0.29, 0.717) is 0 Å². The largest absolute Gasteiger partial charge is 4.00 e. The molecule has 0 unspecified atom stereocenters. The van der Waals surface area contributed by atoms with Crippen molar-refractivity contribution in [3.63, 3.8) is 0 Å². The summed E-state index contributed by atoms with van der Waals surface area (Å²) in [4.78, 5) is 0. The van der Waals surface area contributed by atoms with E-state index < -0.39 is 0 Å². The molecule has 0 fully saturated rings. The molecular formula is C18H30N2U. The Morgan fingerprint density at radius 3 is 0.857 bits per heavy atom. The fraction of sp³-hybridized carbons (Fsp3) is 0.444. The molecule has 116 valence electrons. The van der Waals surface area contributed by atoms with Crippen LogP contribution in [0.25, 0.3) is 10.6 Å². The maximum absolute atomic E-state index is 3.97. The zero-order valence-electron chi connectivity index (χ0n) is 14.0. The standard InChI is InChI=1S/2C5H5.2C4H10N.U/c2*1-2-4-5-3-1;2*1-3-5-4-2;/h2*1-5H;2*3-4H2,1-2H3;/q4*-1;+4. The van der Waals surface area contributed by atoms with E-state index in [1.807, 2.05) is 88.4 Å². The molecule has 0 aliphatic rings. The molecule has 0 saturated carbocycles. The van der Waals surface area contributed by atoms with E-state index in [4.69, 9.17) is 0 Å². The Hall–Kier alpha value is -0.328. The first-order valence-corrected chi connectivity index (χ1v) is 7.43. The van der Waals surface area contributed by atoms with Gasteiger partial charge in [0.2, 0.25) is 0 Å². The Bertz CT molecular complexity index is 220. The second kappa shape index (κ2) is 27.9. The molecule has 0 N–H and O–H groups in total. The molecule has 3 heteroatoms. The first kappa shape index (κ1) is 25.6. The summed E-state index contributed by atoms with van der Waals surface area (Å²) >= 11 is 0. The molecule has 0 saturated heterocycles. The van der Waals surface area contributed by atoms with Gasteiger partial charge in [0.1, 0.15) is 0 Å². The predicted octanol–water partition coefficient (Wildman–Crippen LogP) is 5.61. The number of hydrogen-bond donors (Lipinski definition) is 0. The SMILES string of the molecule is CC[N-]CC.CC[N-]CC.[U+4].c1cc[cH-]c1.c1cc[cH-]c1. The Kier molecular flexibility index (Phi) is 34.1. The summed E-state index contributed by atoms with van der Waals surface area (Å²) in [7, 11) is 0. The fourth-order valence-corrected chi connectivity index (χ4v) is 1.09. The third kappa shape index (κ3) is 32.9. The van der Waals surface area contributed by atoms with Crippen molar-refractivity contribution in [2.75, 3.05) is 26.2 Å². The van der Waals surface area contributed by atoms with Gasteiger partial charge in [-0.1, -0.05) is 27.7 Å². The first-order valence-electron chi connectivity index (χ1n) is 7.43. The van der Waals surface area contributed by atoms with Crippen LogP contribution in [0.15, 0.2) is 60.7 Å². The van der Waals surface area contributed by atoms with Crippen LogP contribution >= 0.6 is 0 Å². The normalized spacial score (nSPS) is 7.81. The van der Waals surface area contributed by atoms with Crippen molar-refractivity contribution >= 4 is 0 Å². The molecule has 21 heavy (non-hydrogen) atoms. The smallest absolute Gasteiger partial charge is 0.663 e. The quantitative estimate of drug-likeness (QED) is 0.477. The van der Waals surface area contributed by atoms with Crippen molar-refractivity contribution in [1.29, 1.82) is 0 Å². The average Bonchev–Trinajstić information content (AvgIpc) is 3.20. The van der Waals surface area contributed by atoms with Crippen molar-refractivity contribution in [2.24, 2.45) is 0 Å². The van der Waals surface area contributed by atoms with Crippen LogP contribution < -0.4 is 0 Å². The molecule has 2 aromatic rings. The van der Waals surface area contributed by atoms with Crippen molar-refractivity contribution < 1.29 is 31.1 Å². The molecule has 0 amide bonds. The van der Waals surface area contributed by atoms with E-state index in [1.165, 1.54) is 0 Å². The van der Waals surface area contributed by atoms with E-state index in [1.54, 1.807) is 0 Å². The van der Waals surface area contributed by atoms with E-state index >= 15 is 0 Å². The fourth-order valence-electron chi connectivity index (χ4n) is 1.09. The monoisotopic (exact) mass is 512 g/mol. The van der Waals surface area contributed by atoms with Crippen molar-refractivity contribution in [3.8, 4) is 0 Å². The summed E-state index contributed by atoms with van der Waals surface area (Å²) in [5, 5.41) is 7.94. The molecule has 0 bridgehead atoms. The van der Waals surface area contributed by atoms with Gasteiger partial charge in [-0.3, -0.25) is 0 Å². The summed E-state index contributed by atoms with van der Waals surface area (Å²) in [5.41, 5.74) is 0. The summed E-state index contributed by atoms with van der Waals surface area (Å²) in [6.45, 7) is 12.1. The maximum atomic E-state index is 3.97. The summed E-state index contributed by atoms with van der Waals surface area (Å²) in [6, 6.07) is 20.0. The molecule has 0 aliphatic heterocycles. The van der Waals surface area contributed by atoms with Gasteiger partial charge in [0.25, 0.3) is 0 Å². The molecular weight excluding hydrogens is 482 g/mol. The van der Waals surface area contributed by atoms with Crippen LogP contribution in [0.4, 0.5) is 0 Å². The summed E-state index contributed by atoms with van der Waals surface area (Å²) < 4.78 is 0. The summed E-state index contributed by atoms with van der Waals surface area (Å²) in [5.74, 6) is 0. The molecule has 2 rings (SSSR count). The van der Waals surface area contributed by atoms with E-state index in [2.05, 4.69) is 10.6 Å². The van der Waals surface area contributed by atoms with Crippen molar-refractivity contribution in [2.45, 2.75) is 27.7 Å². The van der Waals surface area contributed by atoms with Gasteiger partial charge in [-0.25, -0.2) is 24.3 Å². The number of hydrogen-bond acceptors (Lipinski definition) is 0. The van der Waals surface area contributed by atoms with Gasteiger partial charge < -0.3 is 10.6 Å². The van der Waals surface area contributed by atoms with Crippen LogP contribution in [0.5, 0.6) is 0 Å². The second-order valence-electron chi connectivity index (χ2n) is 3.64. The van der Waals surface area contributed by atoms with Gasteiger partial charge in [0.15, 0.2) is 0 Å². The Morgan fingerprint density at radius 2 is 0.810 bits per heavy atom. The van der Waals surface area contributed by atoms with Crippen LogP contribution in [0.3, 0.4) is 0 Å². The van der Waals surface area contributed by atoms with Gasteiger partial charge in [-0.15, -0.1) is 0 Å². The van der Waals surface area contributed by atoms with Gasteiger partial charge in [0, 0.05) is 0 Å². The number of rotatable bonds is 4. The molecule has 0 aliphatic carbocycles. The molecule has 2 aromatic carbocycles. The van der Waals surface area contributed by atoms with E-state index in [0.717, 1.165) is 26.2 Å². The topological polar surface area (TPSA) is 28.2 Å². The summed E-state index contributed by atoms with van der Waals surface area (Å²) in [6.07, 6.45) is 0. The molecule has 0 radical (unpaired) electrons. The molecule has 0 atom stereocenters. The minimum absolute atomic E-state index is 0. The molecule has 2 nitrogen and oxygen atoms in total. The van der Waals surface area contributed by atoms with Crippen LogP contribution in [0.2, 0.25) is 0 Å². The molecule has 0 spiro atoms. The zero-order chi connectivity index (χ0) is 15.3. The Labute approximate surface area is 155 Å². The Morgan fingerprint density at radius 1 is 0.571 bits per heavy atom. The average molecular weight is 512 g/mol. The third-order valence-corrected chi connectivity index (χ3v) is 2.01. The van der Waals surface area contributed by atoms with Gasteiger partial charge in [-0.05, 0) is 0 Å². The van der Waals surface area contributed by atoms with Gasteiger partial charge in [0.05, 0.1) is 0 Å².